The Kier molecular flexibility index (Phi) is 3.29. The first-order chi connectivity index (χ1) is 9.36. The Balaban J connectivity index is 1.83. The molecule has 2 N–H and O–H groups in total. The second kappa shape index (κ2) is 5.24. The molecule has 1 aromatic heterocycles. The van der Waals surface area contributed by atoms with Crippen LogP contribution in [-0.4, -0.2) is 23.3 Å². The molecule has 2 aromatic rings. The van der Waals surface area contributed by atoms with Gasteiger partial charge < -0.3 is 15.0 Å². The van der Waals surface area contributed by atoms with Crippen LogP contribution >= 0.6 is 0 Å². The third-order valence-electron chi connectivity index (χ3n) is 2.98. The summed E-state index contributed by atoms with van der Waals surface area (Å²) < 4.78 is 10.9. The normalized spacial score (nSPS) is 13.6. The highest BCUT2D eigenvalue weighted by molar-refractivity contribution is 5.82. The molecule has 5 heteroatoms. The van der Waals surface area contributed by atoms with Crippen LogP contribution in [-0.2, 0) is 6.42 Å². The summed E-state index contributed by atoms with van der Waals surface area (Å²) in [5.74, 6) is 2.11. The standard InChI is InChI=1S/C14H15N3O2/c15-7-3-6-13-16-14(17-19-13)11-8-10-4-1-2-5-12(10)18-9-11/h1-2,4-5,8H,3,6-7,9,15H2. The number of hydrogen-bond donors (Lipinski definition) is 1. The molecule has 0 fully saturated rings. The number of nitrogens with zero attached hydrogens (tertiary/aromatic N) is 2. The summed E-state index contributed by atoms with van der Waals surface area (Å²) in [6.45, 7) is 1.09. The van der Waals surface area contributed by atoms with Gasteiger partial charge in [0.1, 0.15) is 12.4 Å². The first-order valence-corrected chi connectivity index (χ1v) is 6.32. The van der Waals surface area contributed by atoms with E-state index in [1.54, 1.807) is 0 Å². The number of rotatable bonds is 4. The van der Waals surface area contributed by atoms with E-state index in [1.807, 2.05) is 30.3 Å². The van der Waals surface area contributed by atoms with Gasteiger partial charge in [0.2, 0.25) is 11.7 Å². The van der Waals surface area contributed by atoms with Crippen molar-refractivity contribution in [2.24, 2.45) is 5.73 Å². The van der Waals surface area contributed by atoms with Crippen LogP contribution in [0.3, 0.4) is 0 Å². The predicted octanol–water partition coefficient (Wildman–Crippen LogP) is 1.89. The maximum absolute atomic E-state index is 5.67. The minimum Gasteiger partial charge on any atom is -0.488 e. The van der Waals surface area contributed by atoms with Gasteiger partial charge in [-0.3, -0.25) is 0 Å². The molecule has 0 bridgehead atoms. The van der Waals surface area contributed by atoms with Gasteiger partial charge in [-0.1, -0.05) is 23.4 Å². The van der Waals surface area contributed by atoms with Crippen LogP contribution in [0.15, 0.2) is 28.8 Å². The van der Waals surface area contributed by atoms with Gasteiger partial charge in [-0.2, -0.15) is 4.98 Å². The number of aromatic nitrogens is 2. The molecule has 0 spiro atoms. The fraction of sp³-hybridized carbons (Fsp3) is 0.286. The van der Waals surface area contributed by atoms with Gasteiger partial charge in [0.05, 0.1) is 0 Å². The maximum atomic E-state index is 5.67. The zero-order valence-electron chi connectivity index (χ0n) is 10.5. The Hall–Kier alpha value is -2.14. The molecule has 0 saturated carbocycles. The molecular weight excluding hydrogens is 242 g/mol. The van der Waals surface area contributed by atoms with E-state index in [9.17, 15) is 0 Å². The highest BCUT2D eigenvalue weighted by Crippen LogP contribution is 2.29. The maximum Gasteiger partial charge on any atom is 0.226 e. The molecule has 0 saturated heterocycles. The third kappa shape index (κ3) is 2.51. The third-order valence-corrected chi connectivity index (χ3v) is 2.98. The summed E-state index contributed by atoms with van der Waals surface area (Å²) in [7, 11) is 0. The lowest BCUT2D eigenvalue weighted by Crippen LogP contribution is -2.07. The van der Waals surface area contributed by atoms with Crippen LogP contribution in [0.25, 0.3) is 11.6 Å². The molecule has 0 atom stereocenters. The van der Waals surface area contributed by atoms with Crippen LogP contribution < -0.4 is 10.5 Å². The van der Waals surface area contributed by atoms with Gasteiger partial charge in [-0.15, -0.1) is 0 Å². The van der Waals surface area contributed by atoms with Crippen LogP contribution in [0.1, 0.15) is 23.7 Å². The molecule has 1 aliphatic heterocycles. The quantitative estimate of drug-likeness (QED) is 0.905. The summed E-state index contributed by atoms with van der Waals surface area (Å²) >= 11 is 0. The van der Waals surface area contributed by atoms with E-state index in [1.165, 1.54) is 0 Å². The van der Waals surface area contributed by atoms with Crippen molar-refractivity contribution in [3.63, 3.8) is 0 Å². The van der Waals surface area contributed by atoms with E-state index < -0.39 is 0 Å². The lowest BCUT2D eigenvalue weighted by Gasteiger charge is -2.15. The molecule has 98 valence electrons. The van der Waals surface area contributed by atoms with Crippen LogP contribution in [0.4, 0.5) is 0 Å². The largest absolute Gasteiger partial charge is 0.488 e. The summed E-state index contributed by atoms with van der Waals surface area (Å²) in [6.07, 6.45) is 3.60. The topological polar surface area (TPSA) is 74.2 Å². The predicted molar refractivity (Wildman–Crippen MR) is 71.5 cm³/mol. The molecule has 0 radical (unpaired) electrons. The molecule has 0 aliphatic carbocycles. The fourth-order valence-electron chi connectivity index (χ4n) is 1.99. The average molecular weight is 257 g/mol. The van der Waals surface area contributed by atoms with Gasteiger partial charge >= 0.3 is 0 Å². The Morgan fingerprint density at radius 3 is 3.05 bits per heavy atom. The molecular formula is C14H15N3O2. The van der Waals surface area contributed by atoms with E-state index in [0.717, 1.165) is 23.3 Å². The Morgan fingerprint density at radius 2 is 2.16 bits per heavy atom. The second-order valence-electron chi connectivity index (χ2n) is 4.40. The molecule has 2 heterocycles. The molecule has 5 nitrogen and oxygen atoms in total. The van der Waals surface area contributed by atoms with Gasteiger partial charge in [-0.25, -0.2) is 0 Å². The number of benzene rings is 1. The SMILES string of the molecule is NCCCc1nc(C2=Cc3ccccc3OC2)no1. The number of hydrogen-bond acceptors (Lipinski definition) is 5. The van der Waals surface area contributed by atoms with Crippen molar-refractivity contribution >= 4 is 11.6 Å². The Labute approximate surface area is 111 Å². The molecule has 3 rings (SSSR count). The summed E-state index contributed by atoms with van der Waals surface area (Å²) in [6, 6.07) is 7.89. The molecule has 1 aliphatic rings. The lowest BCUT2D eigenvalue weighted by atomic mass is 10.1. The number of fused-ring (bicyclic) bond motifs is 1. The molecule has 0 unspecified atom stereocenters. The van der Waals surface area contributed by atoms with E-state index in [4.69, 9.17) is 15.0 Å². The van der Waals surface area contributed by atoms with Crippen molar-refractivity contribution in [1.82, 2.24) is 10.1 Å². The van der Waals surface area contributed by atoms with Crippen molar-refractivity contribution < 1.29 is 9.26 Å². The van der Waals surface area contributed by atoms with Gasteiger partial charge in [-0.05, 0) is 25.1 Å². The summed E-state index contributed by atoms with van der Waals surface area (Å²) in [5.41, 5.74) is 7.43. The highest BCUT2D eigenvalue weighted by atomic mass is 16.5. The molecule has 1 aromatic carbocycles. The van der Waals surface area contributed by atoms with Gasteiger partial charge in [0.25, 0.3) is 0 Å². The van der Waals surface area contributed by atoms with Crippen molar-refractivity contribution in [2.45, 2.75) is 12.8 Å². The Bertz CT molecular complexity index is 604. The second-order valence-corrected chi connectivity index (χ2v) is 4.40. The van der Waals surface area contributed by atoms with E-state index in [0.29, 0.717) is 31.3 Å². The zero-order chi connectivity index (χ0) is 13.1. The monoisotopic (exact) mass is 257 g/mol. The van der Waals surface area contributed by atoms with Gasteiger partial charge in [0, 0.05) is 17.6 Å². The summed E-state index contributed by atoms with van der Waals surface area (Å²) in [4.78, 5) is 4.36. The van der Waals surface area contributed by atoms with Crippen LogP contribution in [0, 0.1) is 0 Å². The number of para-hydroxylation sites is 1. The fourth-order valence-corrected chi connectivity index (χ4v) is 1.99. The first kappa shape index (κ1) is 11.9. The van der Waals surface area contributed by atoms with E-state index in [2.05, 4.69) is 10.1 Å². The number of aryl methyl sites for hydroxylation is 1. The summed E-state index contributed by atoms with van der Waals surface area (Å²) in [5, 5.41) is 3.99. The van der Waals surface area contributed by atoms with E-state index >= 15 is 0 Å². The molecule has 0 amide bonds. The van der Waals surface area contributed by atoms with Crippen molar-refractivity contribution in [2.75, 3.05) is 13.2 Å². The Morgan fingerprint density at radius 1 is 1.26 bits per heavy atom. The van der Waals surface area contributed by atoms with Crippen LogP contribution in [0.5, 0.6) is 5.75 Å². The first-order valence-electron chi connectivity index (χ1n) is 6.32. The zero-order valence-corrected chi connectivity index (χ0v) is 10.5. The number of nitrogens with two attached hydrogens (primary N) is 1. The van der Waals surface area contributed by atoms with Gasteiger partial charge in [0.15, 0.2) is 0 Å². The highest BCUT2D eigenvalue weighted by Gasteiger charge is 2.16. The minimum absolute atomic E-state index is 0.465. The van der Waals surface area contributed by atoms with Crippen LogP contribution in [0.2, 0.25) is 0 Å². The van der Waals surface area contributed by atoms with Crippen molar-refractivity contribution in [3.05, 3.63) is 41.5 Å². The van der Waals surface area contributed by atoms with Crippen molar-refractivity contribution in [3.8, 4) is 5.75 Å². The van der Waals surface area contributed by atoms with Crippen molar-refractivity contribution in [1.29, 1.82) is 0 Å². The smallest absolute Gasteiger partial charge is 0.226 e. The lowest BCUT2D eigenvalue weighted by molar-refractivity contribution is 0.359. The molecule has 19 heavy (non-hydrogen) atoms. The number of ether oxygens (including phenoxy) is 1. The minimum atomic E-state index is 0.465. The average Bonchev–Trinajstić information content (AvgIpc) is 2.93. The van der Waals surface area contributed by atoms with E-state index in [-0.39, 0.29) is 0 Å².